The van der Waals surface area contributed by atoms with Gasteiger partial charge in [0.1, 0.15) is 11.6 Å². The van der Waals surface area contributed by atoms with E-state index in [-0.39, 0.29) is 5.91 Å². The van der Waals surface area contributed by atoms with Crippen LogP contribution in [0.1, 0.15) is 42.9 Å². The Labute approximate surface area is 142 Å². The van der Waals surface area contributed by atoms with Crippen LogP contribution in [0.4, 0.5) is 0 Å². The Kier molecular flexibility index (Phi) is 5.46. The molecule has 0 aliphatic carbocycles. The molecular weight excluding hydrogens is 304 g/mol. The molecule has 3 rings (SSSR count). The van der Waals surface area contributed by atoms with Crippen LogP contribution in [0.5, 0.6) is 5.75 Å². The van der Waals surface area contributed by atoms with Gasteiger partial charge in [-0.2, -0.15) is 0 Å². The SMILES string of the molecule is COc1cccc(CCC(=O)NCc2nnc3n2CCCCC3)c1. The molecule has 0 fully saturated rings. The van der Waals surface area contributed by atoms with Crippen LogP contribution in [0.25, 0.3) is 0 Å². The van der Waals surface area contributed by atoms with Gasteiger partial charge < -0.3 is 14.6 Å². The minimum absolute atomic E-state index is 0.0313. The van der Waals surface area contributed by atoms with Gasteiger partial charge in [-0.25, -0.2) is 0 Å². The molecule has 6 heteroatoms. The summed E-state index contributed by atoms with van der Waals surface area (Å²) in [5, 5.41) is 11.5. The summed E-state index contributed by atoms with van der Waals surface area (Å²) >= 11 is 0. The monoisotopic (exact) mass is 328 g/mol. The second kappa shape index (κ2) is 7.95. The molecular formula is C18H24N4O2. The quantitative estimate of drug-likeness (QED) is 0.883. The van der Waals surface area contributed by atoms with E-state index in [1.807, 2.05) is 24.3 Å². The molecule has 1 aliphatic heterocycles. The number of rotatable bonds is 6. The number of benzene rings is 1. The van der Waals surface area contributed by atoms with Crippen molar-refractivity contribution in [3.8, 4) is 5.75 Å². The van der Waals surface area contributed by atoms with Crippen LogP contribution < -0.4 is 10.1 Å². The molecule has 24 heavy (non-hydrogen) atoms. The number of ether oxygens (including phenoxy) is 1. The first kappa shape index (κ1) is 16.5. The maximum atomic E-state index is 12.1. The molecule has 0 bridgehead atoms. The summed E-state index contributed by atoms with van der Waals surface area (Å²) in [5.41, 5.74) is 1.10. The number of amides is 1. The summed E-state index contributed by atoms with van der Waals surface area (Å²) in [4.78, 5) is 12.1. The fraction of sp³-hybridized carbons (Fsp3) is 0.500. The summed E-state index contributed by atoms with van der Waals surface area (Å²) in [5.74, 6) is 2.76. The zero-order valence-corrected chi connectivity index (χ0v) is 14.1. The van der Waals surface area contributed by atoms with Gasteiger partial charge in [-0.05, 0) is 37.0 Å². The van der Waals surface area contributed by atoms with Crippen LogP contribution in [0.15, 0.2) is 24.3 Å². The molecule has 0 saturated carbocycles. The van der Waals surface area contributed by atoms with Crippen molar-refractivity contribution in [2.45, 2.75) is 51.6 Å². The van der Waals surface area contributed by atoms with Gasteiger partial charge >= 0.3 is 0 Å². The topological polar surface area (TPSA) is 69.0 Å². The zero-order valence-electron chi connectivity index (χ0n) is 14.1. The number of hydrogen-bond acceptors (Lipinski definition) is 4. The van der Waals surface area contributed by atoms with Crippen LogP contribution in [0.2, 0.25) is 0 Å². The first-order chi connectivity index (χ1) is 11.8. The minimum Gasteiger partial charge on any atom is -0.497 e. The maximum absolute atomic E-state index is 12.1. The van der Waals surface area contributed by atoms with E-state index in [0.29, 0.717) is 19.4 Å². The number of fused-ring (bicyclic) bond motifs is 1. The highest BCUT2D eigenvalue weighted by Gasteiger charge is 2.15. The van der Waals surface area contributed by atoms with Crippen molar-refractivity contribution in [2.24, 2.45) is 0 Å². The number of nitrogens with zero attached hydrogens (tertiary/aromatic N) is 3. The number of carbonyl (C=O) groups is 1. The van der Waals surface area contributed by atoms with E-state index in [1.165, 1.54) is 12.8 Å². The third-order valence-electron chi connectivity index (χ3n) is 4.40. The second-order valence-electron chi connectivity index (χ2n) is 6.12. The van der Waals surface area contributed by atoms with E-state index in [0.717, 1.165) is 42.3 Å². The van der Waals surface area contributed by atoms with Crippen LogP contribution in [0, 0.1) is 0 Å². The molecule has 0 atom stereocenters. The van der Waals surface area contributed by atoms with E-state index < -0.39 is 0 Å². The highest BCUT2D eigenvalue weighted by molar-refractivity contribution is 5.76. The maximum Gasteiger partial charge on any atom is 0.220 e. The fourth-order valence-corrected chi connectivity index (χ4v) is 3.03. The molecule has 1 N–H and O–H groups in total. The van der Waals surface area contributed by atoms with Crippen LogP contribution >= 0.6 is 0 Å². The Bertz CT molecular complexity index is 696. The van der Waals surface area contributed by atoms with E-state index >= 15 is 0 Å². The molecule has 0 saturated heterocycles. The number of nitrogens with one attached hydrogen (secondary N) is 1. The lowest BCUT2D eigenvalue weighted by Gasteiger charge is -2.08. The molecule has 128 valence electrons. The lowest BCUT2D eigenvalue weighted by Crippen LogP contribution is -2.25. The molecule has 1 amide bonds. The van der Waals surface area contributed by atoms with Crippen molar-refractivity contribution < 1.29 is 9.53 Å². The molecule has 0 spiro atoms. The average Bonchev–Trinajstić information content (AvgIpc) is 2.84. The summed E-state index contributed by atoms with van der Waals surface area (Å²) in [7, 11) is 1.65. The lowest BCUT2D eigenvalue weighted by molar-refractivity contribution is -0.121. The fourth-order valence-electron chi connectivity index (χ4n) is 3.03. The Morgan fingerprint density at radius 1 is 1.29 bits per heavy atom. The van der Waals surface area contributed by atoms with Gasteiger partial charge in [0.25, 0.3) is 0 Å². The standard InChI is InChI=1S/C18H24N4O2/c1-24-15-7-5-6-14(12-15)9-10-18(23)19-13-17-21-20-16-8-3-2-4-11-22(16)17/h5-7,12H,2-4,8-11,13H2,1H3,(H,19,23). The average molecular weight is 328 g/mol. The molecule has 6 nitrogen and oxygen atoms in total. The molecule has 2 heterocycles. The molecule has 1 aromatic carbocycles. The molecule has 2 aromatic rings. The van der Waals surface area contributed by atoms with E-state index in [2.05, 4.69) is 20.1 Å². The first-order valence-corrected chi connectivity index (χ1v) is 8.57. The van der Waals surface area contributed by atoms with Crippen LogP contribution in [0.3, 0.4) is 0 Å². The van der Waals surface area contributed by atoms with Crippen molar-refractivity contribution in [1.82, 2.24) is 20.1 Å². The van der Waals surface area contributed by atoms with Crippen molar-refractivity contribution in [3.05, 3.63) is 41.5 Å². The molecule has 0 radical (unpaired) electrons. The van der Waals surface area contributed by atoms with Crippen LogP contribution in [-0.4, -0.2) is 27.8 Å². The largest absolute Gasteiger partial charge is 0.497 e. The number of aryl methyl sites for hydroxylation is 2. The van der Waals surface area contributed by atoms with Gasteiger partial charge in [0.05, 0.1) is 13.7 Å². The van der Waals surface area contributed by atoms with Gasteiger partial charge in [0.15, 0.2) is 5.82 Å². The van der Waals surface area contributed by atoms with Crippen LogP contribution in [-0.2, 0) is 30.7 Å². The van der Waals surface area contributed by atoms with E-state index in [1.54, 1.807) is 7.11 Å². The third-order valence-corrected chi connectivity index (χ3v) is 4.40. The Morgan fingerprint density at radius 2 is 2.21 bits per heavy atom. The summed E-state index contributed by atoms with van der Waals surface area (Å²) in [6.45, 7) is 1.40. The van der Waals surface area contributed by atoms with Gasteiger partial charge in [0.2, 0.25) is 5.91 Å². The predicted molar refractivity (Wildman–Crippen MR) is 90.7 cm³/mol. The highest BCUT2D eigenvalue weighted by Crippen LogP contribution is 2.15. The summed E-state index contributed by atoms with van der Waals surface area (Å²) in [6.07, 6.45) is 5.69. The predicted octanol–water partition coefficient (Wildman–Crippen LogP) is 2.26. The lowest BCUT2D eigenvalue weighted by atomic mass is 10.1. The Hall–Kier alpha value is -2.37. The van der Waals surface area contributed by atoms with Gasteiger partial charge in [0, 0.05) is 19.4 Å². The van der Waals surface area contributed by atoms with Crippen molar-refractivity contribution >= 4 is 5.91 Å². The second-order valence-corrected chi connectivity index (χ2v) is 6.12. The van der Waals surface area contributed by atoms with Crippen molar-refractivity contribution in [3.63, 3.8) is 0 Å². The van der Waals surface area contributed by atoms with E-state index in [4.69, 9.17) is 4.74 Å². The van der Waals surface area contributed by atoms with Crippen molar-refractivity contribution in [1.29, 1.82) is 0 Å². The summed E-state index contributed by atoms with van der Waals surface area (Å²) in [6, 6.07) is 7.82. The Balaban J connectivity index is 1.50. The number of methoxy groups -OCH3 is 1. The zero-order chi connectivity index (χ0) is 16.8. The number of hydrogen-bond donors (Lipinski definition) is 1. The smallest absolute Gasteiger partial charge is 0.220 e. The van der Waals surface area contributed by atoms with Gasteiger partial charge in [-0.15, -0.1) is 10.2 Å². The third kappa shape index (κ3) is 4.13. The van der Waals surface area contributed by atoms with Gasteiger partial charge in [-0.1, -0.05) is 18.6 Å². The minimum atomic E-state index is 0.0313. The number of carbonyl (C=O) groups excluding carboxylic acids is 1. The molecule has 0 unspecified atom stereocenters. The number of aromatic nitrogens is 3. The molecule has 1 aliphatic rings. The van der Waals surface area contributed by atoms with Crippen molar-refractivity contribution in [2.75, 3.05) is 7.11 Å². The van der Waals surface area contributed by atoms with Gasteiger partial charge in [-0.3, -0.25) is 4.79 Å². The Morgan fingerprint density at radius 3 is 3.08 bits per heavy atom. The molecule has 1 aromatic heterocycles. The van der Waals surface area contributed by atoms with E-state index in [9.17, 15) is 4.79 Å². The summed E-state index contributed by atoms with van der Waals surface area (Å²) < 4.78 is 7.36. The first-order valence-electron chi connectivity index (χ1n) is 8.57. The normalized spacial score (nSPS) is 13.9. The highest BCUT2D eigenvalue weighted by atomic mass is 16.5.